The number of anilines is 3. The molecule has 1 aliphatic rings. The minimum Gasteiger partial charge on any atom is -0.456 e. The van der Waals surface area contributed by atoms with Gasteiger partial charge in [-0.1, -0.05) is 140 Å². The van der Waals surface area contributed by atoms with Crippen molar-refractivity contribution in [3.63, 3.8) is 0 Å². The Balaban J connectivity index is 1.21. The third-order valence-corrected chi connectivity index (χ3v) is 12.1. The number of rotatable bonds is 5. The van der Waals surface area contributed by atoms with Crippen LogP contribution in [-0.2, 0) is 5.41 Å². The molecule has 10 aromatic rings. The van der Waals surface area contributed by atoms with Gasteiger partial charge in [-0.05, 0) is 75.8 Å². The van der Waals surface area contributed by atoms with E-state index < -0.39 is 5.41 Å². The topological polar surface area (TPSA) is 16.4 Å². The normalized spacial score (nSPS) is 13.2. The van der Waals surface area contributed by atoms with E-state index in [-0.39, 0.29) is 0 Å². The van der Waals surface area contributed by atoms with Crippen molar-refractivity contribution >= 4 is 70.5 Å². The predicted molar refractivity (Wildman–Crippen MR) is 219 cm³/mol. The lowest BCUT2D eigenvalue weighted by Gasteiger charge is -2.34. The quantitative estimate of drug-likeness (QED) is 0.180. The maximum absolute atomic E-state index is 6.42. The molecule has 2 heterocycles. The average molecular weight is 682 g/mol. The molecule has 0 N–H and O–H groups in total. The number of furan rings is 1. The third-order valence-electron chi connectivity index (χ3n) is 10.9. The second-order valence-corrected chi connectivity index (χ2v) is 14.6. The van der Waals surface area contributed by atoms with Crippen LogP contribution in [0, 0.1) is 0 Å². The van der Waals surface area contributed by atoms with Crippen molar-refractivity contribution in [1.82, 2.24) is 0 Å². The first kappa shape index (κ1) is 29.3. The molecule has 0 amide bonds. The molecule has 0 aliphatic heterocycles. The summed E-state index contributed by atoms with van der Waals surface area (Å²) in [6.07, 6.45) is 0. The van der Waals surface area contributed by atoms with Crippen molar-refractivity contribution in [3.05, 3.63) is 210 Å². The van der Waals surface area contributed by atoms with Crippen molar-refractivity contribution in [1.29, 1.82) is 0 Å². The number of para-hydroxylation sites is 2. The first-order chi connectivity index (χ1) is 25.8. The molecule has 244 valence electrons. The molecule has 0 spiro atoms. The van der Waals surface area contributed by atoms with Gasteiger partial charge in [-0.3, -0.25) is 0 Å². The van der Waals surface area contributed by atoms with Crippen molar-refractivity contribution in [3.8, 4) is 11.1 Å². The Kier molecular flexibility index (Phi) is 6.37. The van der Waals surface area contributed by atoms with Gasteiger partial charge >= 0.3 is 0 Å². The Morgan fingerprint density at radius 3 is 1.85 bits per heavy atom. The van der Waals surface area contributed by atoms with Gasteiger partial charge in [0.25, 0.3) is 0 Å². The SMILES string of the molecule is c1ccc(N(c2ccc3c(c2)oc2ccccc23)c2cccc3sc4c(C5(c6ccccc6)c6ccccc6-c6ccccc65)cccc4c23)cc1. The van der Waals surface area contributed by atoms with Gasteiger partial charge in [0.05, 0.1) is 11.1 Å². The summed E-state index contributed by atoms with van der Waals surface area (Å²) in [4.78, 5) is 2.39. The van der Waals surface area contributed by atoms with E-state index in [4.69, 9.17) is 4.42 Å². The van der Waals surface area contributed by atoms with Gasteiger partial charge in [-0.25, -0.2) is 0 Å². The number of hydrogen-bond acceptors (Lipinski definition) is 3. The Bertz CT molecular complexity index is 2930. The van der Waals surface area contributed by atoms with Crippen molar-refractivity contribution < 1.29 is 4.42 Å². The average Bonchev–Trinajstić information content (AvgIpc) is 3.87. The van der Waals surface area contributed by atoms with Crippen LogP contribution in [0.3, 0.4) is 0 Å². The molecule has 8 aromatic carbocycles. The summed E-state index contributed by atoms with van der Waals surface area (Å²) in [5, 5.41) is 4.77. The molecule has 0 saturated carbocycles. The summed E-state index contributed by atoms with van der Waals surface area (Å²) >= 11 is 1.90. The Morgan fingerprint density at radius 1 is 0.442 bits per heavy atom. The van der Waals surface area contributed by atoms with Gasteiger partial charge in [0, 0.05) is 48.4 Å². The predicted octanol–water partition coefficient (Wildman–Crippen LogP) is 13.8. The standard InChI is InChI=1S/C49H31NOS/c1-3-15-32(16-4-1)49(40-23-10-7-19-35(40)36-20-8-11-24-41(36)49)42-25-13-22-39-47-43(26-14-28-46(47)52-48(39)42)50(33-17-5-2-6-18-33)34-29-30-38-37-21-9-12-27-44(37)51-45(38)31-34/h1-31H. The van der Waals surface area contributed by atoms with Crippen LogP contribution in [0.25, 0.3) is 53.2 Å². The molecule has 52 heavy (non-hydrogen) atoms. The van der Waals surface area contributed by atoms with Crippen LogP contribution in [0.4, 0.5) is 17.1 Å². The number of benzene rings is 8. The van der Waals surface area contributed by atoms with Gasteiger partial charge in [0.1, 0.15) is 11.2 Å². The Labute approximate surface area is 305 Å². The molecule has 2 nitrogen and oxygen atoms in total. The van der Waals surface area contributed by atoms with E-state index in [0.717, 1.165) is 39.0 Å². The van der Waals surface area contributed by atoms with Crippen LogP contribution in [0.5, 0.6) is 0 Å². The summed E-state index contributed by atoms with van der Waals surface area (Å²) in [6.45, 7) is 0. The van der Waals surface area contributed by atoms with E-state index in [9.17, 15) is 0 Å². The fraction of sp³-hybridized carbons (Fsp3) is 0.0204. The zero-order valence-corrected chi connectivity index (χ0v) is 29.0. The zero-order chi connectivity index (χ0) is 34.2. The van der Waals surface area contributed by atoms with E-state index in [1.54, 1.807) is 0 Å². The minimum absolute atomic E-state index is 0.472. The highest BCUT2D eigenvalue weighted by Gasteiger charge is 2.47. The summed E-state index contributed by atoms with van der Waals surface area (Å²) in [5.74, 6) is 0. The van der Waals surface area contributed by atoms with Gasteiger partial charge in [0.2, 0.25) is 0 Å². The maximum atomic E-state index is 6.42. The van der Waals surface area contributed by atoms with E-state index in [0.29, 0.717) is 0 Å². The summed E-state index contributed by atoms with van der Waals surface area (Å²) in [7, 11) is 0. The molecule has 2 aromatic heterocycles. The van der Waals surface area contributed by atoms with E-state index >= 15 is 0 Å². The van der Waals surface area contributed by atoms with Crippen molar-refractivity contribution in [2.75, 3.05) is 4.90 Å². The second-order valence-electron chi connectivity index (χ2n) is 13.6. The van der Waals surface area contributed by atoms with Crippen LogP contribution < -0.4 is 4.90 Å². The summed E-state index contributed by atoms with van der Waals surface area (Å²) < 4.78 is 8.98. The molecule has 0 unspecified atom stereocenters. The van der Waals surface area contributed by atoms with E-state index in [2.05, 4.69) is 181 Å². The number of nitrogens with zero attached hydrogens (tertiary/aromatic N) is 1. The molecule has 0 radical (unpaired) electrons. The smallest absolute Gasteiger partial charge is 0.137 e. The van der Waals surface area contributed by atoms with Crippen molar-refractivity contribution in [2.45, 2.75) is 5.41 Å². The number of fused-ring (bicyclic) bond motifs is 9. The van der Waals surface area contributed by atoms with Gasteiger partial charge < -0.3 is 9.32 Å². The van der Waals surface area contributed by atoms with Crippen molar-refractivity contribution in [2.24, 2.45) is 0 Å². The van der Waals surface area contributed by atoms with Crippen LogP contribution in [0.2, 0.25) is 0 Å². The summed E-state index contributed by atoms with van der Waals surface area (Å²) in [6, 6.07) is 68.4. The molecule has 0 saturated heterocycles. The molecule has 11 rings (SSSR count). The molecular weight excluding hydrogens is 651 g/mol. The van der Waals surface area contributed by atoms with Crippen LogP contribution >= 0.6 is 11.3 Å². The van der Waals surface area contributed by atoms with Crippen LogP contribution in [-0.4, -0.2) is 0 Å². The fourth-order valence-corrected chi connectivity index (χ4v) is 10.1. The summed E-state index contributed by atoms with van der Waals surface area (Å²) in [5.41, 5.74) is 12.5. The lowest BCUT2D eigenvalue weighted by atomic mass is 9.67. The number of thiophene rings is 1. The van der Waals surface area contributed by atoms with Gasteiger partial charge in [-0.2, -0.15) is 0 Å². The van der Waals surface area contributed by atoms with E-state index in [1.807, 2.05) is 23.5 Å². The van der Waals surface area contributed by atoms with Crippen LogP contribution in [0.15, 0.2) is 192 Å². The van der Waals surface area contributed by atoms with E-state index in [1.165, 1.54) is 53.6 Å². The molecule has 1 aliphatic carbocycles. The highest BCUT2D eigenvalue weighted by Crippen LogP contribution is 2.58. The maximum Gasteiger partial charge on any atom is 0.137 e. The van der Waals surface area contributed by atoms with Gasteiger partial charge in [0.15, 0.2) is 0 Å². The molecular formula is C49H31NOS. The first-order valence-corrected chi connectivity index (χ1v) is 18.6. The second kappa shape index (κ2) is 11.3. The monoisotopic (exact) mass is 681 g/mol. The van der Waals surface area contributed by atoms with Gasteiger partial charge in [-0.15, -0.1) is 11.3 Å². The molecule has 0 atom stereocenters. The lowest BCUT2D eigenvalue weighted by molar-refractivity contribution is 0.669. The molecule has 0 bridgehead atoms. The minimum atomic E-state index is -0.472. The Morgan fingerprint density at radius 2 is 1.06 bits per heavy atom. The molecule has 0 fully saturated rings. The molecule has 3 heteroatoms. The lowest BCUT2D eigenvalue weighted by Crippen LogP contribution is -2.28. The zero-order valence-electron chi connectivity index (χ0n) is 28.2. The first-order valence-electron chi connectivity index (χ1n) is 17.8. The third kappa shape index (κ3) is 4.06. The Hall–Kier alpha value is -6.42. The number of hydrogen-bond donors (Lipinski definition) is 0. The largest absolute Gasteiger partial charge is 0.456 e. The highest BCUT2D eigenvalue weighted by molar-refractivity contribution is 7.26. The fourth-order valence-electron chi connectivity index (χ4n) is 8.85. The highest BCUT2D eigenvalue weighted by atomic mass is 32.1. The van der Waals surface area contributed by atoms with Crippen LogP contribution in [0.1, 0.15) is 22.3 Å².